The maximum absolute atomic E-state index is 6.93. The fraction of sp³-hybridized carbons (Fsp3) is 0.194. The average molecular weight is 861 g/mol. The number of hydrogen-bond acceptors (Lipinski definition) is 4. The zero-order valence-electron chi connectivity index (χ0n) is 39.7. The van der Waals surface area contributed by atoms with E-state index < -0.39 is 0 Å². The van der Waals surface area contributed by atoms with Crippen LogP contribution in [0.4, 0.5) is 34.1 Å². The highest BCUT2D eigenvalue weighted by Gasteiger charge is 2.31. The molecule has 4 heteroatoms. The Hall–Kier alpha value is -7.30. The largest absolute Gasteiger partial charge is 0.454 e. The van der Waals surface area contributed by atoms with E-state index >= 15 is 0 Å². The Labute approximate surface area is 387 Å². The SMILES string of the molecule is Cc1ccc(N(c2c3ccc(C(C)(C)C)cc3c(N(c3ccc(C)c(C)c3)c3cccc4c3oc3ccccc34)c3ccc(C(C)(C)C)cc23)c2cccc3c2oc2ccccc23)cc1C. The van der Waals surface area contributed by atoms with E-state index in [2.05, 4.69) is 237 Å². The molecule has 0 radical (unpaired) electrons. The van der Waals surface area contributed by atoms with Gasteiger partial charge in [-0.2, -0.15) is 0 Å². The number of furan rings is 2. The predicted molar refractivity (Wildman–Crippen MR) is 282 cm³/mol. The summed E-state index contributed by atoms with van der Waals surface area (Å²) in [5.41, 5.74) is 17.0. The van der Waals surface area contributed by atoms with Crippen molar-refractivity contribution in [3.8, 4) is 0 Å². The van der Waals surface area contributed by atoms with Gasteiger partial charge in [-0.3, -0.25) is 0 Å². The first-order chi connectivity index (χ1) is 31.7. The van der Waals surface area contributed by atoms with Crippen LogP contribution in [0.3, 0.4) is 0 Å². The van der Waals surface area contributed by atoms with Crippen LogP contribution in [0.25, 0.3) is 65.4 Å². The highest BCUT2D eigenvalue weighted by Crippen LogP contribution is 2.55. The first-order valence-corrected chi connectivity index (χ1v) is 23.3. The number of anilines is 6. The lowest BCUT2D eigenvalue weighted by Crippen LogP contribution is -2.17. The van der Waals surface area contributed by atoms with E-state index in [0.717, 1.165) is 99.5 Å². The lowest BCUT2D eigenvalue weighted by atomic mass is 9.82. The molecule has 0 N–H and O–H groups in total. The van der Waals surface area contributed by atoms with Crippen molar-refractivity contribution in [1.82, 2.24) is 0 Å². The third-order valence-electron chi connectivity index (χ3n) is 14.0. The van der Waals surface area contributed by atoms with E-state index in [0.29, 0.717) is 0 Å². The molecular weight excluding hydrogens is 805 g/mol. The van der Waals surface area contributed by atoms with Crippen molar-refractivity contribution in [3.05, 3.63) is 191 Å². The van der Waals surface area contributed by atoms with E-state index in [1.807, 2.05) is 0 Å². The van der Waals surface area contributed by atoms with Crippen LogP contribution in [-0.2, 0) is 10.8 Å². The fourth-order valence-electron chi connectivity index (χ4n) is 9.92. The minimum Gasteiger partial charge on any atom is -0.454 e. The van der Waals surface area contributed by atoms with Gasteiger partial charge in [0.1, 0.15) is 11.2 Å². The third-order valence-corrected chi connectivity index (χ3v) is 14.0. The molecule has 0 amide bonds. The second-order valence-electron chi connectivity index (χ2n) is 20.4. The highest BCUT2D eigenvalue weighted by atomic mass is 16.3. The number of rotatable bonds is 6. The van der Waals surface area contributed by atoms with Gasteiger partial charge >= 0.3 is 0 Å². The molecule has 0 aliphatic carbocycles. The molecule has 4 nitrogen and oxygen atoms in total. The van der Waals surface area contributed by atoms with Crippen LogP contribution in [0, 0.1) is 27.7 Å². The zero-order chi connectivity index (χ0) is 45.8. The quantitative estimate of drug-likeness (QED) is 0.123. The van der Waals surface area contributed by atoms with Crippen molar-refractivity contribution in [2.75, 3.05) is 9.80 Å². The summed E-state index contributed by atoms with van der Waals surface area (Å²) in [6.45, 7) is 22.7. The summed E-state index contributed by atoms with van der Waals surface area (Å²) in [5.74, 6) is 0. The second-order valence-corrected chi connectivity index (χ2v) is 20.4. The monoisotopic (exact) mass is 860 g/mol. The molecule has 0 bridgehead atoms. The summed E-state index contributed by atoms with van der Waals surface area (Å²) in [5, 5.41) is 8.94. The zero-order valence-corrected chi connectivity index (χ0v) is 39.7. The molecule has 9 aromatic carbocycles. The van der Waals surface area contributed by atoms with Crippen molar-refractivity contribution in [1.29, 1.82) is 0 Å². The number of para-hydroxylation sites is 4. The van der Waals surface area contributed by atoms with Crippen molar-refractivity contribution in [2.45, 2.75) is 80.1 Å². The Balaban J connectivity index is 1.36. The summed E-state index contributed by atoms with van der Waals surface area (Å²) in [7, 11) is 0. The fourth-order valence-corrected chi connectivity index (χ4v) is 9.92. The number of hydrogen-bond donors (Lipinski definition) is 0. The van der Waals surface area contributed by atoms with Gasteiger partial charge < -0.3 is 18.6 Å². The molecule has 2 heterocycles. The van der Waals surface area contributed by atoms with E-state index in [1.54, 1.807) is 0 Å². The predicted octanol–water partition coefficient (Wildman–Crippen LogP) is 18.6. The molecule has 2 aromatic heterocycles. The van der Waals surface area contributed by atoms with Crippen LogP contribution in [0.5, 0.6) is 0 Å². The first kappa shape index (κ1) is 41.4. The van der Waals surface area contributed by atoms with E-state index in [1.165, 1.54) is 33.4 Å². The Morgan fingerprint density at radius 3 is 1.12 bits per heavy atom. The van der Waals surface area contributed by atoms with Crippen molar-refractivity contribution >= 4 is 99.5 Å². The van der Waals surface area contributed by atoms with Gasteiger partial charge in [0.25, 0.3) is 0 Å². The van der Waals surface area contributed by atoms with Crippen LogP contribution >= 0.6 is 0 Å². The molecule has 0 fully saturated rings. The van der Waals surface area contributed by atoms with Gasteiger partial charge in [-0.15, -0.1) is 0 Å². The number of aryl methyl sites for hydroxylation is 4. The van der Waals surface area contributed by atoms with Gasteiger partial charge in [0, 0.05) is 54.5 Å². The molecular formula is C62H56N2O2. The Kier molecular flexibility index (Phi) is 9.50. The summed E-state index contributed by atoms with van der Waals surface area (Å²) >= 11 is 0. The second kappa shape index (κ2) is 15.1. The molecule has 66 heavy (non-hydrogen) atoms. The lowest BCUT2D eigenvalue weighted by Gasteiger charge is -2.34. The van der Waals surface area contributed by atoms with Gasteiger partial charge in [-0.05, 0) is 133 Å². The van der Waals surface area contributed by atoms with Crippen molar-refractivity contribution in [2.24, 2.45) is 0 Å². The van der Waals surface area contributed by atoms with Gasteiger partial charge in [0.2, 0.25) is 0 Å². The normalized spacial score (nSPS) is 12.4. The minimum absolute atomic E-state index is 0.131. The molecule has 0 aliphatic rings. The Morgan fingerprint density at radius 2 is 0.727 bits per heavy atom. The lowest BCUT2D eigenvalue weighted by molar-refractivity contribution is 0.590. The Bertz CT molecular complexity index is 3490. The van der Waals surface area contributed by atoms with Gasteiger partial charge in [-0.25, -0.2) is 0 Å². The van der Waals surface area contributed by atoms with Gasteiger partial charge in [0.15, 0.2) is 11.2 Å². The van der Waals surface area contributed by atoms with Gasteiger partial charge in [-0.1, -0.05) is 139 Å². The highest BCUT2D eigenvalue weighted by molar-refractivity contribution is 6.25. The van der Waals surface area contributed by atoms with E-state index in [4.69, 9.17) is 8.83 Å². The summed E-state index contributed by atoms with van der Waals surface area (Å²) in [6.07, 6.45) is 0. The van der Waals surface area contributed by atoms with Crippen molar-refractivity contribution in [3.63, 3.8) is 0 Å². The van der Waals surface area contributed by atoms with Crippen molar-refractivity contribution < 1.29 is 8.83 Å². The summed E-state index contributed by atoms with van der Waals surface area (Å²) in [6, 6.07) is 58.1. The van der Waals surface area contributed by atoms with Crippen LogP contribution in [0.15, 0.2) is 167 Å². The summed E-state index contributed by atoms with van der Waals surface area (Å²) < 4.78 is 13.9. The Morgan fingerprint density at radius 1 is 0.333 bits per heavy atom. The molecule has 0 aliphatic heterocycles. The van der Waals surface area contributed by atoms with Crippen LogP contribution in [0.1, 0.15) is 74.9 Å². The van der Waals surface area contributed by atoms with Crippen LogP contribution in [0.2, 0.25) is 0 Å². The van der Waals surface area contributed by atoms with Crippen LogP contribution in [-0.4, -0.2) is 0 Å². The van der Waals surface area contributed by atoms with E-state index in [-0.39, 0.29) is 10.8 Å². The minimum atomic E-state index is -0.131. The molecule has 0 saturated heterocycles. The summed E-state index contributed by atoms with van der Waals surface area (Å²) in [4.78, 5) is 4.96. The topological polar surface area (TPSA) is 32.8 Å². The standard InChI is InChI=1S/C62H56N2O2/c1-37-25-29-43(33-39(37)3)63(53-21-15-19-49-45-17-11-13-23-55(45)65-59(49)53)57-47-31-27-42(62(8,9)10)36-52(47)58(48-32-28-41(35-51(48)57)61(5,6)7)64(44-30-26-38(2)40(4)34-44)54-22-16-20-50-46-18-12-14-24-56(46)66-60(50)54/h11-36H,1-10H3. The number of benzene rings is 9. The molecule has 0 atom stereocenters. The van der Waals surface area contributed by atoms with Gasteiger partial charge in [0.05, 0.1) is 22.7 Å². The first-order valence-electron chi connectivity index (χ1n) is 23.3. The maximum Gasteiger partial charge on any atom is 0.159 e. The molecule has 326 valence electrons. The molecule has 0 unspecified atom stereocenters. The number of fused-ring (bicyclic) bond motifs is 8. The van der Waals surface area contributed by atoms with Crippen LogP contribution < -0.4 is 9.80 Å². The van der Waals surface area contributed by atoms with E-state index in [9.17, 15) is 0 Å². The molecule has 11 rings (SSSR count). The number of nitrogens with zero attached hydrogens (tertiary/aromatic N) is 2. The average Bonchev–Trinajstić information content (AvgIpc) is 3.88. The molecule has 0 saturated carbocycles. The molecule has 11 aromatic rings. The third kappa shape index (κ3) is 6.65. The maximum atomic E-state index is 6.93. The smallest absolute Gasteiger partial charge is 0.159 e. The molecule has 0 spiro atoms.